The molecule has 0 saturated carbocycles. The Morgan fingerprint density at radius 2 is 0.444 bits per heavy atom. The average molecular weight is 1520 g/mol. The van der Waals surface area contributed by atoms with Crippen molar-refractivity contribution in [1.82, 2.24) is 0 Å². The Morgan fingerprint density at radius 1 is 0.256 bits per heavy atom. The third-order valence-electron chi connectivity index (χ3n) is 13.3. The van der Waals surface area contributed by atoms with Crippen molar-refractivity contribution in [3.8, 4) is 0 Å². The first kappa shape index (κ1) is 78.2. The van der Waals surface area contributed by atoms with Gasteiger partial charge in [0.15, 0.2) is 0 Å². The van der Waals surface area contributed by atoms with Gasteiger partial charge in [-0.2, -0.15) is 148 Å². The van der Waals surface area contributed by atoms with E-state index >= 15 is 0 Å². The maximum atomic E-state index is 5.24. The van der Waals surface area contributed by atoms with Crippen LogP contribution < -0.4 is 10.7 Å². The van der Waals surface area contributed by atoms with E-state index in [0.29, 0.717) is 23.7 Å². The summed E-state index contributed by atoms with van der Waals surface area (Å²) in [6, 6.07) is 93.0. The normalized spacial score (nSPS) is 10.4. The van der Waals surface area contributed by atoms with Gasteiger partial charge >= 0.3 is 0 Å². The fraction of sp³-hybridized carbons (Fsp3) is 0.190. The van der Waals surface area contributed by atoms with Crippen molar-refractivity contribution < 1.29 is 51.7 Å². The SMILES string of the molecule is CC(C)c1cccc(C(C)C)c1[N-]c1cccccc1=NCCCCN=c1cccccc1[N-]c1c(C(C)C)cccc1C(C)C.[CH2-]c1ccccc1.[CH2-]c1ccccc1.[CH2-]c1ccccc1.[CH2-]c1ccccc1.[CH2-]c1ccccc1.[CH2-]c1ccccc1.[Hf].[Hf]. The Kier molecular flexibility index (Phi) is 40.2. The van der Waals surface area contributed by atoms with Crippen LogP contribution in [0, 0.1) is 41.5 Å². The van der Waals surface area contributed by atoms with Gasteiger partial charge in [0.05, 0.1) is 0 Å². The summed E-state index contributed by atoms with van der Waals surface area (Å²) >= 11 is 0. The van der Waals surface area contributed by atoms with Gasteiger partial charge in [-0.25, -0.2) is 0 Å². The molecule has 0 aliphatic rings. The number of hydrogen-bond donors (Lipinski definition) is 0. The quantitative estimate of drug-likeness (QED) is 0.0628. The molecule has 90 heavy (non-hydrogen) atoms. The van der Waals surface area contributed by atoms with Crippen LogP contribution in [0.25, 0.3) is 10.6 Å². The maximum Gasteiger partial charge on any atom is 0.0427 e. The Balaban J connectivity index is 0.000000491. The third-order valence-corrected chi connectivity index (χ3v) is 13.3. The second-order valence-corrected chi connectivity index (χ2v) is 22.2. The van der Waals surface area contributed by atoms with E-state index in [1.807, 2.05) is 206 Å². The smallest absolute Gasteiger partial charge is 0.0427 e. The molecule has 0 unspecified atom stereocenters. The molecular weight excluding hydrogens is 1420 g/mol. The van der Waals surface area contributed by atoms with Crippen LogP contribution in [0.1, 0.15) is 148 Å². The fourth-order valence-corrected chi connectivity index (χ4v) is 8.53. The molecule has 0 heterocycles. The zero-order valence-corrected chi connectivity index (χ0v) is 61.9. The van der Waals surface area contributed by atoms with Gasteiger partial charge in [-0.15, -0.1) is 95.5 Å². The zero-order chi connectivity index (χ0) is 63.7. The first-order valence-electron chi connectivity index (χ1n) is 30.6. The third kappa shape index (κ3) is 32.0. The molecule has 0 aliphatic carbocycles. The molecule has 10 rings (SSSR count). The van der Waals surface area contributed by atoms with E-state index in [1.165, 1.54) is 22.3 Å². The van der Waals surface area contributed by atoms with E-state index in [1.54, 1.807) is 0 Å². The maximum absolute atomic E-state index is 5.24. The number of nitrogens with zero attached hydrogens (tertiary/aromatic N) is 4. The van der Waals surface area contributed by atoms with Gasteiger partial charge in [-0.05, 0) is 48.6 Å². The Hall–Kier alpha value is -7.90. The van der Waals surface area contributed by atoms with Gasteiger partial charge in [0.1, 0.15) is 0 Å². The molecule has 10 aromatic rings. The van der Waals surface area contributed by atoms with E-state index in [0.717, 1.165) is 92.8 Å². The molecule has 10 aromatic carbocycles. The summed E-state index contributed by atoms with van der Waals surface area (Å²) in [5.41, 5.74) is 15.5. The molecule has 466 valence electrons. The van der Waals surface area contributed by atoms with Crippen molar-refractivity contribution in [2.24, 2.45) is 9.98 Å². The minimum absolute atomic E-state index is 0. The predicted octanol–water partition coefficient (Wildman–Crippen LogP) is 23.3. The molecule has 0 aliphatic heterocycles. The van der Waals surface area contributed by atoms with Crippen LogP contribution in [0.2, 0.25) is 0 Å². The van der Waals surface area contributed by atoms with Gasteiger partial charge in [-0.3, -0.25) is 9.98 Å². The van der Waals surface area contributed by atoms with Crippen LogP contribution in [-0.4, -0.2) is 13.1 Å². The molecule has 0 amide bonds. The molecule has 0 atom stereocenters. The zero-order valence-electron chi connectivity index (χ0n) is 54.7. The van der Waals surface area contributed by atoms with Crippen molar-refractivity contribution >= 4 is 22.7 Å². The molecule has 0 spiro atoms. The number of unbranched alkanes of at least 4 members (excludes halogenated alkanes) is 1. The van der Waals surface area contributed by atoms with Gasteiger partial charge in [0.2, 0.25) is 0 Å². The number of rotatable bonds is 13. The molecule has 0 bridgehead atoms. The molecule has 0 radical (unpaired) electrons. The van der Waals surface area contributed by atoms with Crippen LogP contribution in [0.15, 0.2) is 289 Å². The topological polar surface area (TPSA) is 52.9 Å². The summed E-state index contributed by atoms with van der Waals surface area (Å²) in [6.07, 6.45) is 1.89. The summed E-state index contributed by atoms with van der Waals surface area (Å²) in [6.45, 7) is 41.7. The molecule has 6 heteroatoms. The van der Waals surface area contributed by atoms with E-state index in [2.05, 4.69) is 170 Å². The second kappa shape index (κ2) is 46.2. The average Bonchev–Trinajstić information content (AvgIpc) is 1.41. The van der Waals surface area contributed by atoms with Crippen LogP contribution in [0.3, 0.4) is 0 Å². The van der Waals surface area contributed by atoms with Gasteiger partial charge < -0.3 is 10.6 Å². The monoisotopic (exact) mass is 1520 g/mol. The molecular formula is C84H94Hf2N4-8. The molecule has 0 aromatic heterocycles. The van der Waals surface area contributed by atoms with Crippen molar-refractivity contribution in [3.05, 3.63) is 398 Å². The van der Waals surface area contributed by atoms with E-state index in [4.69, 9.17) is 20.6 Å². The van der Waals surface area contributed by atoms with Gasteiger partial charge in [0, 0.05) is 75.5 Å². The van der Waals surface area contributed by atoms with E-state index in [-0.39, 0.29) is 51.7 Å². The summed E-state index contributed by atoms with van der Waals surface area (Å²) in [7, 11) is 0. The Bertz CT molecular complexity index is 3100. The van der Waals surface area contributed by atoms with Crippen molar-refractivity contribution in [1.29, 1.82) is 0 Å². The standard InChI is InChI=1S/C42H52N4.6C7H7.2Hf/c1-29(2)33-19-17-20-34(30(3)4)41(33)45-39-25-13-9-11-23-37(39)43-27-15-16-28-44-38-24-12-10-14-26-40(38)46-42-35(31(5)6)21-18-22-36(42)32(7)8;6*1-7-5-3-2-4-6-7;;/h9-14,17-26,29-32H,15-16,27-28H2,1-8H3;6*2-6H,1H2;;/q-2;6*-1;;. The first-order chi connectivity index (χ1) is 42.5. The Labute approximate surface area is 582 Å². The minimum Gasteiger partial charge on any atom is -0.656 e. The minimum atomic E-state index is 0. The van der Waals surface area contributed by atoms with Crippen LogP contribution in [0.4, 0.5) is 22.7 Å². The van der Waals surface area contributed by atoms with Crippen LogP contribution in [0.5, 0.6) is 0 Å². The van der Waals surface area contributed by atoms with Crippen molar-refractivity contribution in [3.63, 3.8) is 0 Å². The van der Waals surface area contributed by atoms with Gasteiger partial charge in [-0.1, -0.05) is 199 Å². The number of hydrogen-bond acceptors (Lipinski definition) is 2. The second-order valence-electron chi connectivity index (χ2n) is 22.2. The summed E-state index contributed by atoms with van der Waals surface area (Å²) < 4.78 is 0. The summed E-state index contributed by atoms with van der Waals surface area (Å²) in [4.78, 5) is 10.0. The van der Waals surface area contributed by atoms with Crippen LogP contribution in [-0.2, 0) is 51.7 Å². The van der Waals surface area contributed by atoms with Crippen molar-refractivity contribution in [2.45, 2.75) is 91.9 Å². The summed E-state index contributed by atoms with van der Waals surface area (Å²) in [5, 5.41) is 12.3. The molecule has 0 fully saturated rings. The van der Waals surface area contributed by atoms with E-state index < -0.39 is 0 Å². The predicted molar refractivity (Wildman–Crippen MR) is 383 cm³/mol. The van der Waals surface area contributed by atoms with Crippen molar-refractivity contribution in [2.75, 3.05) is 13.1 Å². The number of benzene rings is 8. The molecule has 4 nitrogen and oxygen atoms in total. The Morgan fingerprint density at radius 3 is 0.622 bits per heavy atom. The largest absolute Gasteiger partial charge is 0.656 e. The number of para-hydroxylation sites is 2. The fourth-order valence-electron chi connectivity index (χ4n) is 8.53. The first-order valence-corrected chi connectivity index (χ1v) is 30.6. The molecule has 0 N–H and O–H groups in total. The van der Waals surface area contributed by atoms with E-state index in [9.17, 15) is 0 Å². The summed E-state index contributed by atoms with van der Waals surface area (Å²) in [5.74, 6) is 1.56. The van der Waals surface area contributed by atoms with Crippen LogP contribution >= 0.6 is 0 Å². The van der Waals surface area contributed by atoms with Gasteiger partial charge in [0.25, 0.3) is 0 Å². The molecule has 0 saturated heterocycles.